The van der Waals surface area contributed by atoms with E-state index in [1.807, 2.05) is 78.9 Å². The number of hydrogen-bond acceptors (Lipinski definition) is 3. The summed E-state index contributed by atoms with van der Waals surface area (Å²) in [5.74, 6) is -1.94. The van der Waals surface area contributed by atoms with Crippen molar-refractivity contribution in [3.63, 3.8) is 0 Å². The zero-order chi connectivity index (χ0) is 30.7. The van der Waals surface area contributed by atoms with Crippen molar-refractivity contribution in [3.8, 4) is 0 Å². The number of piperidine rings is 1. The molecule has 0 bridgehead atoms. The predicted molar refractivity (Wildman–Crippen MR) is 165 cm³/mol. The maximum atomic E-state index is 14.0. The van der Waals surface area contributed by atoms with Crippen LogP contribution in [0.2, 0.25) is 0 Å². The zero-order valence-electron chi connectivity index (χ0n) is 24.1. The second kappa shape index (κ2) is 12.5. The van der Waals surface area contributed by atoms with Crippen LogP contribution in [0.4, 0.5) is 13.2 Å². The smallest absolute Gasteiger partial charge is 0.339 e. The van der Waals surface area contributed by atoms with Gasteiger partial charge in [-0.1, -0.05) is 91.0 Å². The molecule has 0 spiro atoms. The molecule has 2 heterocycles. The van der Waals surface area contributed by atoms with E-state index in [0.29, 0.717) is 22.9 Å². The van der Waals surface area contributed by atoms with Crippen LogP contribution < -0.4 is 0 Å². The molecule has 1 aliphatic rings. The Morgan fingerprint density at radius 3 is 2.36 bits per heavy atom. The van der Waals surface area contributed by atoms with E-state index in [2.05, 4.69) is 4.98 Å². The van der Waals surface area contributed by atoms with Gasteiger partial charge in [0.2, 0.25) is 5.91 Å². The number of para-hydroxylation sites is 1. The number of carbonyl (C=O) groups is 2. The maximum absolute atomic E-state index is 14.0. The molecule has 5 aromatic rings. The summed E-state index contributed by atoms with van der Waals surface area (Å²) in [7, 11) is 0. The standard InChI is InChI=1S/C36H32F3N3O2/c37-36(38,39)35(44)42(24-29-16-18-40-33-13-7-6-12-32(29)33)30-17-19-41(31(23-30)21-25-8-2-1-3-9-25)34(43)22-26-14-15-27-10-4-5-11-28(27)20-26/h1-16,18,20,30-31H,17,19,21-24H2/t30-,31+/m0/s1. The molecule has 1 fully saturated rings. The lowest BCUT2D eigenvalue weighted by Crippen LogP contribution is -2.56. The third-order valence-electron chi connectivity index (χ3n) is 8.52. The molecule has 6 rings (SSSR count). The molecule has 0 N–H and O–H groups in total. The van der Waals surface area contributed by atoms with Crippen LogP contribution >= 0.6 is 0 Å². The summed E-state index contributed by atoms with van der Waals surface area (Å²) in [4.78, 5) is 33.8. The average Bonchev–Trinajstić information content (AvgIpc) is 3.03. The van der Waals surface area contributed by atoms with Gasteiger partial charge < -0.3 is 9.80 Å². The molecule has 4 aromatic carbocycles. The number of aromatic nitrogens is 1. The number of benzene rings is 4. The Morgan fingerprint density at radius 1 is 0.841 bits per heavy atom. The molecule has 0 aliphatic carbocycles. The van der Waals surface area contributed by atoms with Crippen LogP contribution in [-0.4, -0.2) is 51.4 Å². The van der Waals surface area contributed by atoms with E-state index in [-0.39, 0.29) is 44.3 Å². The van der Waals surface area contributed by atoms with Crippen LogP contribution in [0.15, 0.2) is 109 Å². The van der Waals surface area contributed by atoms with Gasteiger partial charge in [-0.2, -0.15) is 13.2 Å². The third-order valence-corrected chi connectivity index (χ3v) is 8.52. The molecule has 0 unspecified atom stereocenters. The van der Waals surface area contributed by atoms with E-state index >= 15 is 0 Å². The Morgan fingerprint density at radius 2 is 1.57 bits per heavy atom. The summed E-state index contributed by atoms with van der Waals surface area (Å²) < 4.78 is 42.0. The zero-order valence-corrected chi connectivity index (χ0v) is 24.1. The van der Waals surface area contributed by atoms with Crippen LogP contribution in [0.3, 0.4) is 0 Å². The maximum Gasteiger partial charge on any atom is 0.471 e. The van der Waals surface area contributed by atoms with Crippen molar-refractivity contribution in [2.75, 3.05) is 6.54 Å². The second-order valence-electron chi connectivity index (χ2n) is 11.4. The van der Waals surface area contributed by atoms with E-state index in [0.717, 1.165) is 26.8 Å². The number of nitrogens with zero attached hydrogens (tertiary/aromatic N) is 3. The van der Waals surface area contributed by atoms with E-state index in [4.69, 9.17) is 0 Å². The minimum absolute atomic E-state index is 0.0755. The summed E-state index contributed by atoms with van der Waals surface area (Å²) in [5.41, 5.74) is 3.12. The van der Waals surface area contributed by atoms with Crippen LogP contribution in [0.25, 0.3) is 21.7 Å². The van der Waals surface area contributed by atoms with E-state index in [9.17, 15) is 22.8 Å². The van der Waals surface area contributed by atoms with Crippen LogP contribution in [0.1, 0.15) is 29.5 Å². The van der Waals surface area contributed by atoms with E-state index < -0.39 is 18.1 Å². The Balaban J connectivity index is 1.28. The largest absolute Gasteiger partial charge is 0.471 e. The van der Waals surface area contributed by atoms with Crippen LogP contribution in [-0.2, 0) is 29.0 Å². The van der Waals surface area contributed by atoms with E-state index in [1.165, 1.54) is 0 Å². The molecule has 44 heavy (non-hydrogen) atoms. The Labute approximate surface area is 253 Å². The number of alkyl halides is 3. The number of amides is 2. The number of pyridine rings is 1. The van der Waals surface area contributed by atoms with E-state index in [1.54, 1.807) is 35.4 Å². The number of hydrogen-bond donors (Lipinski definition) is 0. The van der Waals surface area contributed by atoms with Crippen LogP contribution in [0.5, 0.6) is 0 Å². The van der Waals surface area contributed by atoms with Crippen molar-refractivity contribution < 1.29 is 22.8 Å². The second-order valence-corrected chi connectivity index (χ2v) is 11.4. The highest BCUT2D eigenvalue weighted by molar-refractivity contribution is 5.86. The van der Waals surface area contributed by atoms with Gasteiger partial charge in [-0.15, -0.1) is 0 Å². The molecule has 1 saturated heterocycles. The van der Waals surface area contributed by atoms with Gasteiger partial charge in [0.05, 0.1) is 11.9 Å². The number of rotatable bonds is 7. The first-order valence-electron chi connectivity index (χ1n) is 14.8. The summed E-state index contributed by atoms with van der Waals surface area (Å²) in [6.45, 7) is 0.0580. The molecule has 224 valence electrons. The van der Waals surface area contributed by atoms with Gasteiger partial charge in [-0.05, 0) is 58.9 Å². The molecule has 2 atom stereocenters. The number of fused-ring (bicyclic) bond motifs is 2. The SMILES string of the molecule is O=C(Cc1ccc2ccccc2c1)N1CC[C@H](N(Cc2ccnc3ccccc23)C(=O)C(F)(F)F)C[C@H]1Cc1ccccc1. The Kier molecular flexibility index (Phi) is 8.33. The summed E-state index contributed by atoms with van der Waals surface area (Å²) in [5, 5.41) is 2.84. The predicted octanol–water partition coefficient (Wildman–Crippen LogP) is 7.12. The van der Waals surface area contributed by atoms with Crippen molar-refractivity contribution in [3.05, 3.63) is 126 Å². The number of carbonyl (C=O) groups excluding carboxylic acids is 2. The van der Waals surface area contributed by atoms with Gasteiger partial charge in [0.15, 0.2) is 0 Å². The first kappa shape index (κ1) is 29.4. The van der Waals surface area contributed by atoms with Crippen molar-refractivity contribution in [2.24, 2.45) is 0 Å². The molecular formula is C36H32F3N3O2. The van der Waals surface area contributed by atoms with Crippen molar-refractivity contribution in [1.29, 1.82) is 0 Å². The van der Waals surface area contributed by atoms with Crippen molar-refractivity contribution in [2.45, 2.75) is 50.5 Å². The van der Waals surface area contributed by atoms with Gasteiger partial charge in [-0.25, -0.2) is 0 Å². The van der Waals surface area contributed by atoms with Crippen molar-refractivity contribution in [1.82, 2.24) is 14.8 Å². The Hall–Kier alpha value is -4.72. The highest BCUT2D eigenvalue weighted by Crippen LogP contribution is 2.31. The monoisotopic (exact) mass is 595 g/mol. The fourth-order valence-electron chi connectivity index (χ4n) is 6.35. The molecular weight excluding hydrogens is 563 g/mol. The number of likely N-dealkylation sites (tertiary alicyclic amines) is 1. The first-order chi connectivity index (χ1) is 21.3. The summed E-state index contributed by atoms with van der Waals surface area (Å²) >= 11 is 0. The molecule has 1 aromatic heterocycles. The van der Waals surface area contributed by atoms with Crippen LogP contribution in [0, 0.1) is 0 Å². The molecule has 8 heteroatoms. The highest BCUT2D eigenvalue weighted by atomic mass is 19.4. The van der Waals surface area contributed by atoms with Gasteiger partial charge in [0, 0.05) is 36.8 Å². The topological polar surface area (TPSA) is 53.5 Å². The lowest BCUT2D eigenvalue weighted by atomic mass is 9.90. The van der Waals surface area contributed by atoms with Crippen molar-refractivity contribution >= 4 is 33.5 Å². The lowest BCUT2D eigenvalue weighted by Gasteiger charge is -2.44. The summed E-state index contributed by atoms with van der Waals surface area (Å²) in [6, 6.07) is 31.3. The normalized spacial score (nSPS) is 17.1. The molecule has 2 amide bonds. The molecule has 5 nitrogen and oxygen atoms in total. The fourth-order valence-corrected chi connectivity index (χ4v) is 6.35. The van der Waals surface area contributed by atoms with Gasteiger partial charge in [-0.3, -0.25) is 14.6 Å². The lowest BCUT2D eigenvalue weighted by molar-refractivity contribution is -0.190. The van der Waals surface area contributed by atoms with Gasteiger partial charge in [0.1, 0.15) is 0 Å². The van der Waals surface area contributed by atoms with Gasteiger partial charge >= 0.3 is 12.1 Å². The van der Waals surface area contributed by atoms with Gasteiger partial charge in [0.25, 0.3) is 0 Å². The molecule has 0 radical (unpaired) electrons. The third kappa shape index (κ3) is 6.44. The molecule has 0 saturated carbocycles. The number of halogens is 3. The minimum Gasteiger partial charge on any atom is -0.339 e. The fraction of sp³-hybridized carbons (Fsp3) is 0.250. The molecule has 1 aliphatic heterocycles. The average molecular weight is 596 g/mol. The minimum atomic E-state index is -5.03. The first-order valence-corrected chi connectivity index (χ1v) is 14.8. The highest BCUT2D eigenvalue weighted by Gasteiger charge is 2.46. The quantitative estimate of drug-likeness (QED) is 0.201. The summed E-state index contributed by atoms with van der Waals surface area (Å²) in [6.07, 6.45) is -2.31. The Bertz CT molecular complexity index is 1790.